The van der Waals surface area contributed by atoms with Crippen LogP contribution in [-0.4, -0.2) is 18.4 Å². The molecular formula is C13H10N2O2. The largest absolute Gasteiger partial charge is 0.442 e. The van der Waals surface area contributed by atoms with Crippen molar-refractivity contribution in [3.8, 4) is 0 Å². The highest BCUT2D eigenvalue weighted by molar-refractivity contribution is 6.05. The standard InChI is InChI=1S/C13H10N2O2/c16-13-15-14-12(8-17-13)11-6-5-9-3-1-2-4-10(9)7-11/h1-7H,8H2,(H,15,16). The van der Waals surface area contributed by atoms with Gasteiger partial charge >= 0.3 is 6.09 Å². The molecule has 4 nitrogen and oxygen atoms in total. The molecule has 84 valence electrons. The number of hydrogen-bond donors (Lipinski definition) is 1. The predicted octanol–water partition coefficient (Wildman–Crippen LogP) is 2.28. The van der Waals surface area contributed by atoms with Gasteiger partial charge < -0.3 is 4.74 Å². The van der Waals surface area contributed by atoms with Gasteiger partial charge in [-0.15, -0.1) is 0 Å². The Kier molecular flexibility index (Phi) is 2.26. The molecule has 0 saturated carbocycles. The second-order valence-corrected chi connectivity index (χ2v) is 3.81. The van der Waals surface area contributed by atoms with Gasteiger partial charge in [-0.05, 0) is 16.8 Å². The average Bonchev–Trinajstić information content (AvgIpc) is 2.39. The van der Waals surface area contributed by atoms with Crippen LogP contribution in [0.2, 0.25) is 0 Å². The third-order valence-electron chi connectivity index (χ3n) is 2.70. The van der Waals surface area contributed by atoms with Crippen molar-refractivity contribution in [2.75, 3.05) is 6.61 Å². The molecule has 0 aliphatic carbocycles. The van der Waals surface area contributed by atoms with Crippen molar-refractivity contribution >= 4 is 22.6 Å². The quantitative estimate of drug-likeness (QED) is 0.811. The van der Waals surface area contributed by atoms with Crippen LogP contribution >= 0.6 is 0 Å². The fourth-order valence-electron chi connectivity index (χ4n) is 1.83. The van der Waals surface area contributed by atoms with E-state index >= 15 is 0 Å². The molecule has 0 spiro atoms. The lowest BCUT2D eigenvalue weighted by molar-refractivity contribution is 0.157. The monoisotopic (exact) mass is 226 g/mol. The maximum absolute atomic E-state index is 10.8. The molecule has 0 atom stereocenters. The fraction of sp³-hybridized carbons (Fsp3) is 0.0769. The number of fused-ring (bicyclic) bond motifs is 1. The minimum Gasteiger partial charge on any atom is -0.442 e. The summed E-state index contributed by atoms with van der Waals surface area (Å²) in [5, 5.41) is 6.30. The van der Waals surface area contributed by atoms with Gasteiger partial charge in [-0.2, -0.15) is 5.10 Å². The Morgan fingerprint density at radius 3 is 2.71 bits per heavy atom. The summed E-state index contributed by atoms with van der Waals surface area (Å²) >= 11 is 0. The van der Waals surface area contributed by atoms with E-state index < -0.39 is 6.09 Å². The van der Waals surface area contributed by atoms with E-state index in [2.05, 4.69) is 16.6 Å². The zero-order valence-electron chi connectivity index (χ0n) is 9.01. The van der Waals surface area contributed by atoms with E-state index in [-0.39, 0.29) is 6.61 Å². The highest BCUT2D eigenvalue weighted by atomic mass is 16.6. The molecule has 17 heavy (non-hydrogen) atoms. The Bertz CT molecular complexity index is 620. The molecule has 1 amide bonds. The summed E-state index contributed by atoms with van der Waals surface area (Å²) in [6.45, 7) is 0.212. The highest BCUT2D eigenvalue weighted by Crippen LogP contribution is 2.16. The molecule has 1 aliphatic rings. The van der Waals surface area contributed by atoms with Crippen LogP contribution in [0.3, 0.4) is 0 Å². The lowest BCUT2D eigenvalue weighted by Crippen LogP contribution is -2.30. The molecule has 1 aliphatic heterocycles. The number of ether oxygens (including phenoxy) is 1. The Morgan fingerprint density at radius 2 is 1.94 bits per heavy atom. The normalized spacial score (nSPS) is 15.1. The predicted molar refractivity (Wildman–Crippen MR) is 65.0 cm³/mol. The molecule has 0 saturated heterocycles. The van der Waals surface area contributed by atoms with Crippen LogP contribution in [-0.2, 0) is 4.74 Å². The first-order chi connectivity index (χ1) is 8.33. The van der Waals surface area contributed by atoms with Crippen LogP contribution in [0.1, 0.15) is 5.56 Å². The van der Waals surface area contributed by atoms with Crippen LogP contribution in [0.5, 0.6) is 0 Å². The molecule has 0 radical (unpaired) electrons. The lowest BCUT2D eigenvalue weighted by atomic mass is 10.0. The molecule has 1 N–H and O–H groups in total. The molecule has 2 aromatic rings. The van der Waals surface area contributed by atoms with Gasteiger partial charge in [0, 0.05) is 5.56 Å². The number of benzene rings is 2. The van der Waals surface area contributed by atoms with Crippen molar-refractivity contribution in [3.63, 3.8) is 0 Å². The first-order valence-corrected chi connectivity index (χ1v) is 5.31. The third-order valence-corrected chi connectivity index (χ3v) is 2.70. The first-order valence-electron chi connectivity index (χ1n) is 5.31. The van der Waals surface area contributed by atoms with Crippen molar-refractivity contribution < 1.29 is 9.53 Å². The maximum atomic E-state index is 10.8. The second-order valence-electron chi connectivity index (χ2n) is 3.81. The minimum atomic E-state index is -0.505. The van der Waals surface area contributed by atoms with Crippen LogP contribution in [0.15, 0.2) is 47.6 Å². The van der Waals surface area contributed by atoms with Crippen LogP contribution in [0.25, 0.3) is 10.8 Å². The van der Waals surface area contributed by atoms with Crippen molar-refractivity contribution in [2.45, 2.75) is 0 Å². The van der Waals surface area contributed by atoms with E-state index in [1.807, 2.05) is 36.4 Å². The van der Waals surface area contributed by atoms with E-state index in [0.29, 0.717) is 0 Å². The zero-order chi connectivity index (χ0) is 11.7. The van der Waals surface area contributed by atoms with Crippen LogP contribution in [0.4, 0.5) is 4.79 Å². The summed E-state index contributed by atoms with van der Waals surface area (Å²) in [7, 11) is 0. The van der Waals surface area contributed by atoms with E-state index in [9.17, 15) is 4.79 Å². The van der Waals surface area contributed by atoms with Crippen molar-refractivity contribution in [1.82, 2.24) is 5.43 Å². The Morgan fingerprint density at radius 1 is 1.12 bits per heavy atom. The molecule has 0 bridgehead atoms. The number of cyclic esters (lactones) is 1. The van der Waals surface area contributed by atoms with Crippen LogP contribution in [0, 0.1) is 0 Å². The summed E-state index contributed by atoms with van der Waals surface area (Å²) in [6.07, 6.45) is -0.505. The molecule has 2 aromatic carbocycles. The average molecular weight is 226 g/mol. The van der Waals surface area contributed by atoms with Gasteiger partial charge in [0.25, 0.3) is 0 Å². The fourth-order valence-corrected chi connectivity index (χ4v) is 1.83. The third kappa shape index (κ3) is 1.85. The van der Waals surface area contributed by atoms with Gasteiger partial charge in [0.1, 0.15) is 12.3 Å². The van der Waals surface area contributed by atoms with E-state index in [1.165, 1.54) is 5.39 Å². The highest BCUT2D eigenvalue weighted by Gasteiger charge is 2.13. The zero-order valence-corrected chi connectivity index (χ0v) is 9.01. The summed E-state index contributed by atoms with van der Waals surface area (Å²) in [5.41, 5.74) is 4.00. The molecule has 0 aromatic heterocycles. The number of amides is 1. The molecule has 0 fully saturated rings. The summed E-state index contributed by atoms with van der Waals surface area (Å²) < 4.78 is 4.88. The van der Waals surface area contributed by atoms with E-state index in [4.69, 9.17) is 4.74 Å². The number of nitrogens with one attached hydrogen (secondary N) is 1. The molecule has 0 unspecified atom stereocenters. The summed E-state index contributed by atoms with van der Waals surface area (Å²) in [5.74, 6) is 0. The molecular weight excluding hydrogens is 216 g/mol. The number of carbonyl (C=O) groups excluding carboxylic acids is 1. The minimum absolute atomic E-state index is 0.212. The Labute approximate surface area is 97.9 Å². The van der Waals surface area contributed by atoms with Crippen molar-refractivity contribution in [1.29, 1.82) is 0 Å². The molecule has 3 rings (SSSR count). The molecule has 1 heterocycles. The second kappa shape index (κ2) is 3.90. The van der Waals surface area contributed by atoms with Gasteiger partial charge in [-0.1, -0.05) is 36.4 Å². The first kappa shape index (κ1) is 9.84. The number of rotatable bonds is 1. The van der Waals surface area contributed by atoms with Crippen molar-refractivity contribution in [2.24, 2.45) is 5.10 Å². The van der Waals surface area contributed by atoms with E-state index in [1.54, 1.807) is 0 Å². The smallest absolute Gasteiger partial charge is 0.428 e. The van der Waals surface area contributed by atoms with Gasteiger partial charge in [0.15, 0.2) is 0 Å². The van der Waals surface area contributed by atoms with Gasteiger partial charge in [-0.3, -0.25) is 0 Å². The molecule has 4 heteroatoms. The Balaban J connectivity index is 2.03. The van der Waals surface area contributed by atoms with E-state index in [0.717, 1.165) is 16.7 Å². The number of carbonyl (C=O) groups is 1. The summed E-state index contributed by atoms with van der Waals surface area (Å²) in [6, 6.07) is 14.1. The maximum Gasteiger partial charge on any atom is 0.428 e. The number of nitrogens with zero attached hydrogens (tertiary/aromatic N) is 1. The SMILES string of the molecule is O=C1NN=C(c2ccc3ccccc3c2)CO1. The number of hydrogen-bond acceptors (Lipinski definition) is 3. The topological polar surface area (TPSA) is 50.7 Å². The Hall–Kier alpha value is -2.36. The van der Waals surface area contributed by atoms with Gasteiger partial charge in [0.2, 0.25) is 0 Å². The lowest BCUT2D eigenvalue weighted by Gasteiger charge is -2.13. The van der Waals surface area contributed by atoms with Gasteiger partial charge in [0.05, 0.1) is 0 Å². The van der Waals surface area contributed by atoms with Gasteiger partial charge in [-0.25, -0.2) is 10.2 Å². The van der Waals surface area contributed by atoms with Crippen molar-refractivity contribution in [3.05, 3.63) is 48.0 Å². The number of hydrazone groups is 1. The van der Waals surface area contributed by atoms with Crippen LogP contribution < -0.4 is 5.43 Å². The summed E-state index contributed by atoms with van der Waals surface area (Å²) in [4.78, 5) is 10.8.